The molecule has 2 aromatic rings. The average molecular weight is 429 g/mol. The van der Waals surface area contributed by atoms with Crippen LogP contribution in [0.5, 0.6) is 0 Å². The van der Waals surface area contributed by atoms with Crippen LogP contribution in [0, 0.1) is 11.8 Å². The molecule has 2 heterocycles. The molecular weight excluding hydrogens is 406 g/mol. The molecule has 32 heavy (non-hydrogen) atoms. The fourth-order valence-electron chi connectivity index (χ4n) is 6.18. The Morgan fingerprint density at radius 3 is 1.97 bits per heavy atom. The van der Waals surface area contributed by atoms with E-state index in [0.717, 1.165) is 32.1 Å². The van der Waals surface area contributed by atoms with Crippen LogP contribution in [-0.2, 0) is 14.3 Å². The Hall–Kier alpha value is -3.12. The van der Waals surface area contributed by atoms with Gasteiger partial charge in [0.25, 0.3) is 0 Å². The number of ketones is 2. The molecule has 0 aromatic heterocycles. The van der Waals surface area contributed by atoms with Gasteiger partial charge in [0.15, 0.2) is 0 Å². The lowest BCUT2D eigenvalue weighted by molar-refractivity contribution is -0.148. The zero-order chi connectivity index (χ0) is 22.0. The zero-order valence-electron chi connectivity index (χ0n) is 17.5. The Labute approximate surface area is 185 Å². The summed E-state index contributed by atoms with van der Waals surface area (Å²) in [5.41, 5.74) is -0.740. The van der Waals surface area contributed by atoms with Crippen molar-refractivity contribution in [2.75, 3.05) is 0 Å². The van der Waals surface area contributed by atoms with E-state index in [1.165, 1.54) is 4.90 Å². The molecule has 3 atom stereocenters. The Balaban J connectivity index is 1.51. The molecule has 2 aliphatic carbocycles. The molecule has 162 valence electrons. The lowest BCUT2D eigenvalue weighted by atomic mass is 9.77. The third-order valence-corrected chi connectivity index (χ3v) is 7.62. The highest BCUT2D eigenvalue weighted by atomic mass is 16.5. The minimum Gasteiger partial charge on any atom is -0.349 e. The molecule has 6 nitrogen and oxygen atoms in total. The summed E-state index contributed by atoms with van der Waals surface area (Å²) in [6.07, 6.45) is 3.72. The Bertz CT molecular complexity index is 1110. The van der Waals surface area contributed by atoms with E-state index >= 15 is 0 Å². The summed E-state index contributed by atoms with van der Waals surface area (Å²) in [6.45, 7) is 0. The minimum atomic E-state index is -1.97. The molecule has 0 radical (unpaired) electrons. The maximum atomic E-state index is 13.8. The molecular formula is C26H23NO5. The van der Waals surface area contributed by atoms with Crippen molar-refractivity contribution in [1.29, 1.82) is 0 Å². The van der Waals surface area contributed by atoms with Crippen molar-refractivity contribution < 1.29 is 23.9 Å². The Kier molecular flexibility index (Phi) is 4.24. The maximum absolute atomic E-state index is 13.8. The number of carbonyl (C=O) groups is 4. The molecule has 6 rings (SSSR count). The van der Waals surface area contributed by atoms with Crippen LogP contribution in [0.1, 0.15) is 64.5 Å². The number of carbonyl (C=O) groups excluding carboxylic acids is 4. The monoisotopic (exact) mass is 429 g/mol. The van der Waals surface area contributed by atoms with Gasteiger partial charge in [-0.3, -0.25) is 24.1 Å². The van der Waals surface area contributed by atoms with Crippen LogP contribution in [0.4, 0.5) is 0 Å². The van der Waals surface area contributed by atoms with Gasteiger partial charge in [0, 0.05) is 17.2 Å². The van der Waals surface area contributed by atoms with Gasteiger partial charge in [-0.05, 0) is 18.4 Å². The van der Waals surface area contributed by atoms with Gasteiger partial charge < -0.3 is 4.74 Å². The highest BCUT2D eigenvalue weighted by molar-refractivity contribution is 6.35. The van der Waals surface area contributed by atoms with E-state index in [1.54, 1.807) is 24.3 Å². The van der Waals surface area contributed by atoms with E-state index in [4.69, 9.17) is 4.74 Å². The van der Waals surface area contributed by atoms with Gasteiger partial charge in [-0.15, -0.1) is 0 Å². The smallest absolute Gasteiger partial charge is 0.237 e. The second-order valence-corrected chi connectivity index (χ2v) is 9.23. The fraction of sp³-hybridized carbons (Fsp3) is 0.385. The molecule has 2 saturated heterocycles. The number of likely N-dealkylation sites (tertiary alicyclic amines) is 1. The number of amides is 2. The number of imide groups is 1. The van der Waals surface area contributed by atoms with Crippen LogP contribution >= 0.6 is 0 Å². The van der Waals surface area contributed by atoms with Crippen molar-refractivity contribution in [3.8, 4) is 0 Å². The van der Waals surface area contributed by atoms with Crippen molar-refractivity contribution in [3.63, 3.8) is 0 Å². The van der Waals surface area contributed by atoms with Gasteiger partial charge in [0.1, 0.15) is 0 Å². The topological polar surface area (TPSA) is 80.8 Å². The number of nitrogens with zero attached hydrogens (tertiary/aromatic N) is 1. The summed E-state index contributed by atoms with van der Waals surface area (Å²) in [6, 6.07) is 15.5. The largest absolute Gasteiger partial charge is 0.349 e. The SMILES string of the molecule is O=C1[C@@H]2[C@H](c3ccccc3)OC3(C(=O)c4ccccc4C3=O)[C@H]2C(=O)N1C1CCCCC1. The number of fused-ring (bicyclic) bond motifs is 3. The lowest BCUT2D eigenvalue weighted by Crippen LogP contribution is -2.52. The van der Waals surface area contributed by atoms with Gasteiger partial charge >= 0.3 is 0 Å². The number of hydrogen-bond donors (Lipinski definition) is 0. The third-order valence-electron chi connectivity index (χ3n) is 7.62. The molecule has 0 bridgehead atoms. The standard InChI is InChI=1S/C26H23NO5/c28-22-17-13-7-8-14-18(17)23(29)26(22)20-19(21(32-26)15-9-3-1-4-10-15)24(30)27(25(20)31)16-11-5-2-6-12-16/h1,3-4,7-10,13-14,16,19-21H,2,5-6,11-12H2/t19-,20+,21-/m0/s1. The highest BCUT2D eigenvalue weighted by Crippen LogP contribution is 2.57. The van der Waals surface area contributed by atoms with Crippen molar-refractivity contribution in [2.24, 2.45) is 11.8 Å². The molecule has 2 aromatic carbocycles. The van der Waals surface area contributed by atoms with Gasteiger partial charge in [0.2, 0.25) is 29.0 Å². The average Bonchev–Trinajstić information content (AvgIpc) is 3.40. The molecule has 6 heteroatoms. The van der Waals surface area contributed by atoms with E-state index in [1.807, 2.05) is 30.3 Å². The Morgan fingerprint density at radius 2 is 1.34 bits per heavy atom. The molecule has 3 fully saturated rings. The summed E-state index contributed by atoms with van der Waals surface area (Å²) in [4.78, 5) is 56.2. The number of ether oxygens (including phenoxy) is 1. The molecule has 1 spiro atoms. The first-order chi connectivity index (χ1) is 15.6. The summed E-state index contributed by atoms with van der Waals surface area (Å²) in [7, 11) is 0. The van der Waals surface area contributed by atoms with E-state index in [-0.39, 0.29) is 23.1 Å². The van der Waals surface area contributed by atoms with Crippen LogP contribution in [0.3, 0.4) is 0 Å². The molecule has 4 aliphatic rings. The van der Waals surface area contributed by atoms with Gasteiger partial charge in [0.05, 0.1) is 17.9 Å². The van der Waals surface area contributed by atoms with Gasteiger partial charge in [-0.25, -0.2) is 0 Å². The van der Waals surface area contributed by atoms with Crippen LogP contribution in [0.2, 0.25) is 0 Å². The van der Waals surface area contributed by atoms with Crippen LogP contribution in [0.25, 0.3) is 0 Å². The van der Waals surface area contributed by atoms with E-state index < -0.39 is 41.0 Å². The van der Waals surface area contributed by atoms with Crippen LogP contribution in [-0.4, -0.2) is 39.9 Å². The van der Waals surface area contributed by atoms with Crippen LogP contribution < -0.4 is 0 Å². The third kappa shape index (κ3) is 2.39. The normalized spacial score (nSPS) is 29.1. The summed E-state index contributed by atoms with van der Waals surface area (Å²) in [5.74, 6) is -3.76. The number of hydrogen-bond acceptors (Lipinski definition) is 5. The predicted molar refractivity (Wildman–Crippen MR) is 114 cm³/mol. The number of benzene rings is 2. The van der Waals surface area contributed by atoms with Crippen molar-refractivity contribution in [1.82, 2.24) is 4.90 Å². The highest BCUT2D eigenvalue weighted by Gasteiger charge is 2.75. The number of rotatable bonds is 2. The van der Waals surface area contributed by atoms with Crippen molar-refractivity contribution in [2.45, 2.75) is 49.9 Å². The summed E-state index contributed by atoms with van der Waals surface area (Å²) in [5, 5.41) is 0. The first-order valence-electron chi connectivity index (χ1n) is 11.3. The Morgan fingerprint density at radius 1 is 0.750 bits per heavy atom. The first-order valence-corrected chi connectivity index (χ1v) is 11.3. The fourth-order valence-corrected chi connectivity index (χ4v) is 6.18. The molecule has 0 unspecified atom stereocenters. The van der Waals surface area contributed by atoms with Crippen molar-refractivity contribution in [3.05, 3.63) is 71.3 Å². The summed E-state index contributed by atoms with van der Waals surface area (Å²) < 4.78 is 6.28. The number of Topliss-reactive ketones (excluding diaryl/α,β-unsaturated/α-hetero) is 2. The van der Waals surface area contributed by atoms with Crippen molar-refractivity contribution >= 4 is 23.4 Å². The van der Waals surface area contributed by atoms with Gasteiger partial charge in [-0.2, -0.15) is 0 Å². The second kappa shape index (κ2) is 6.94. The predicted octanol–water partition coefficient (Wildman–Crippen LogP) is 3.51. The minimum absolute atomic E-state index is 0.170. The maximum Gasteiger partial charge on any atom is 0.237 e. The first kappa shape index (κ1) is 19.6. The quantitative estimate of drug-likeness (QED) is 0.539. The molecule has 2 amide bonds. The van der Waals surface area contributed by atoms with Gasteiger partial charge in [-0.1, -0.05) is 73.9 Å². The zero-order valence-corrected chi connectivity index (χ0v) is 17.5. The summed E-state index contributed by atoms with van der Waals surface area (Å²) >= 11 is 0. The molecule has 0 N–H and O–H groups in total. The lowest BCUT2D eigenvalue weighted by Gasteiger charge is -2.33. The van der Waals surface area contributed by atoms with Crippen LogP contribution in [0.15, 0.2) is 54.6 Å². The van der Waals surface area contributed by atoms with E-state index in [9.17, 15) is 19.2 Å². The van der Waals surface area contributed by atoms with E-state index in [0.29, 0.717) is 5.56 Å². The molecule has 2 aliphatic heterocycles. The second-order valence-electron chi connectivity index (χ2n) is 9.23. The molecule has 1 saturated carbocycles. The van der Waals surface area contributed by atoms with E-state index in [2.05, 4.69) is 0 Å².